The van der Waals surface area contributed by atoms with Crippen molar-refractivity contribution in [2.45, 2.75) is 33.6 Å². The maximum atomic E-state index is 13.1. The van der Waals surface area contributed by atoms with Crippen LogP contribution in [-0.2, 0) is 19.2 Å². The van der Waals surface area contributed by atoms with Crippen molar-refractivity contribution in [3.63, 3.8) is 0 Å². The molecule has 2 saturated heterocycles. The van der Waals surface area contributed by atoms with Gasteiger partial charge in [0.2, 0.25) is 17.7 Å². The van der Waals surface area contributed by atoms with Gasteiger partial charge in [-0.3, -0.25) is 19.2 Å². The number of carbonyl (C=O) groups excluding carboxylic acids is 4. The number of esters is 1. The van der Waals surface area contributed by atoms with Crippen molar-refractivity contribution in [1.29, 1.82) is 0 Å². The first-order chi connectivity index (χ1) is 16.7. The number of imide groups is 1. The summed E-state index contributed by atoms with van der Waals surface area (Å²) in [7, 11) is 0. The second kappa shape index (κ2) is 8.80. The molecule has 0 bridgehead atoms. The van der Waals surface area contributed by atoms with Crippen molar-refractivity contribution >= 4 is 35.1 Å². The van der Waals surface area contributed by atoms with E-state index in [4.69, 9.17) is 4.74 Å². The summed E-state index contributed by atoms with van der Waals surface area (Å²) in [4.78, 5) is 54.4. The van der Waals surface area contributed by atoms with Gasteiger partial charge in [0.05, 0.1) is 23.4 Å². The largest absolute Gasteiger partial charge is 0.426 e. The summed E-state index contributed by atoms with van der Waals surface area (Å²) in [5, 5.41) is 0. The lowest BCUT2D eigenvalue weighted by Gasteiger charge is -2.22. The predicted molar refractivity (Wildman–Crippen MR) is 131 cm³/mol. The maximum Gasteiger partial charge on any atom is 0.316 e. The molecule has 3 amide bonds. The summed E-state index contributed by atoms with van der Waals surface area (Å²) >= 11 is 0. The van der Waals surface area contributed by atoms with E-state index in [1.807, 2.05) is 50.3 Å². The Morgan fingerprint density at radius 3 is 2.43 bits per heavy atom. The third-order valence-electron chi connectivity index (χ3n) is 7.30. The number of allylic oxidation sites excluding steroid dienone is 2. The molecule has 7 nitrogen and oxygen atoms in total. The molecule has 0 radical (unpaired) electrons. The number of rotatable bonds is 4. The van der Waals surface area contributed by atoms with Gasteiger partial charge in [0, 0.05) is 18.7 Å². The molecule has 2 aliphatic heterocycles. The average molecular weight is 473 g/mol. The summed E-state index contributed by atoms with van der Waals surface area (Å²) < 4.78 is 5.60. The number of anilines is 2. The Morgan fingerprint density at radius 2 is 1.74 bits per heavy atom. The molecule has 0 aromatic heterocycles. The Bertz CT molecular complexity index is 1250. The Labute approximate surface area is 204 Å². The SMILES string of the molecule is Cc1ccc(N2C[C@@H](C(=O)Oc3ccc(N4C(=O)[C@H]5[C@H](C)C=CC[C@@H]5C4=O)c(C)c3)CC2=O)cc1. The second-order valence-electron chi connectivity index (χ2n) is 9.78. The van der Waals surface area contributed by atoms with Crippen LogP contribution in [0.4, 0.5) is 11.4 Å². The molecule has 180 valence electrons. The van der Waals surface area contributed by atoms with Crippen LogP contribution in [0.5, 0.6) is 5.75 Å². The van der Waals surface area contributed by atoms with Crippen LogP contribution in [0.1, 0.15) is 30.9 Å². The second-order valence-corrected chi connectivity index (χ2v) is 9.78. The number of hydrogen-bond donors (Lipinski definition) is 0. The number of carbonyl (C=O) groups is 4. The highest BCUT2D eigenvalue weighted by Crippen LogP contribution is 2.41. The normalized spacial score (nSPS) is 25.9. The first-order valence-electron chi connectivity index (χ1n) is 12.0. The minimum absolute atomic E-state index is 0.0179. The zero-order valence-corrected chi connectivity index (χ0v) is 20.1. The number of hydrogen-bond acceptors (Lipinski definition) is 5. The summed E-state index contributed by atoms with van der Waals surface area (Å²) in [5.41, 5.74) is 3.04. The molecule has 5 rings (SSSR count). The topological polar surface area (TPSA) is 84.0 Å². The molecule has 4 atom stereocenters. The van der Waals surface area contributed by atoms with E-state index in [1.54, 1.807) is 30.0 Å². The Hall–Kier alpha value is -3.74. The molecule has 1 aliphatic carbocycles. The smallest absolute Gasteiger partial charge is 0.316 e. The fourth-order valence-corrected chi connectivity index (χ4v) is 5.37. The number of ether oxygens (including phenoxy) is 1. The van der Waals surface area contributed by atoms with Gasteiger partial charge in [-0.05, 0) is 62.1 Å². The Balaban J connectivity index is 1.28. The van der Waals surface area contributed by atoms with E-state index in [0.29, 0.717) is 23.4 Å². The maximum absolute atomic E-state index is 13.1. The van der Waals surface area contributed by atoms with E-state index in [1.165, 1.54) is 4.90 Å². The summed E-state index contributed by atoms with van der Waals surface area (Å²) in [6, 6.07) is 12.5. The number of benzene rings is 2. The molecule has 0 spiro atoms. The molecular weight excluding hydrogens is 444 g/mol. The molecule has 0 saturated carbocycles. The van der Waals surface area contributed by atoms with Gasteiger partial charge in [0.25, 0.3) is 0 Å². The van der Waals surface area contributed by atoms with E-state index in [0.717, 1.165) is 11.3 Å². The lowest BCUT2D eigenvalue weighted by molar-refractivity contribution is -0.139. The highest BCUT2D eigenvalue weighted by Gasteiger charge is 2.50. The number of nitrogens with zero attached hydrogens (tertiary/aromatic N) is 2. The molecular formula is C28H28N2O5. The van der Waals surface area contributed by atoms with Crippen molar-refractivity contribution in [2.24, 2.45) is 23.7 Å². The summed E-state index contributed by atoms with van der Waals surface area (Å²) in [6.07, 6.45) is 4.64. The Morgan fingerprint density at radius 1 is 1.00 bits per heavy atom. The van der Waals surface area contributed by atoms with Gasteiger partial charge in [-0.15, -0.1) is 0 Å². The van der Waals surface area contributed by atoms with E-state index >= 15 is 0 Å². The number of amides is 3. The molecule has 2 aromatic rings. The van der Waals surface area contributed by atoms with Crippen LogP contribution in [0.15, 0.2) is 54.6 Å². The minimum Gasteiger partial charge on any atom is -0.426 e. The van der Waals surface area contributed by atoms with Crippen molar-refractivity contribution < 1.29 is 23.9 Å². The fraction of sp³-hybridized carbons (Fsp3) is 0.357. The van der Waals surface area contributed by atoms with Gasteiger partial charge in [-0.1, -0.05) is 36.8 Å². The molecule has 7 heteroatoms. The Kier molecular flexibility index (Phi) is 5.79. The van der Waals surface area contributed by atoms with Crippen molar-refractivity contribution in [3.8, 4) is 5.75 Å². The number of fused-ring (bicyclic) bond motifs is 1. The summed E-state index contributed by atoms with van der Waals surface area (Å²) in [5.74, 6) is -1.82. The highest BCUT2D eigenvalue weighted by molar-refractivity contribution is 6.22. The van der Waals surface area contributed by atoms with Crippen LogP contribution >= 0.6 is 0 Å². The van der Waals surface area contributed by atoms with E-state index in [9.17, 15) is 19.2 Å². The van der Waals surface area contributed by atoms with Crippen molar-refractivity contribution in [3.05, 3.63) is 65.7 Å². The van der Waals surface area contributed by atoms with Gasteiger partial charge in [0.15, 0.2) is 0 Å². The fourth-order valence-electron chi connectivity index (χ4n) is 5.37. The standard InChI is InChI=1S/C28H28N2O5/c1-16-7-9-20(10-8-16)29-15-19(14-24(29)31)28(34)35-21-11-12-23(18(3)13-21)30-26(32)22-6-4-5-17(2)25(22)27(30)33/h4-5,7-13,17,19,22,25H,6,14-15H2,1-3H3/t17-,19+,22+,25+/m1/s1. The van der Waals surface area contributed by atoms with Gasteiger partial charge >= 0.3 is 5.97 Å². The van der Waals surface area contributed by atoms with Crippen LogP contribution < -0.4 is 14.5 Å². The van der Waals surface area contributed by atoms with E-state index < -0.39 is 11.9 Å². The first-order valence-corrected chi connectivity index (χ1v) is 12.0. The molecule has 0 N–H and O–H groups in total. The number of aryl methyl sites for hydroxylation is 2. The zero-order valence-electron chi connectivity index (χ0n) is 20.1. The molecule has 2 heterocycles. The summed E-state index contributed by atoms with van der Waals surface area (Å²) in [6.45, 7) is 5.99. The minimum atomic E-state index is -0.567. The van der Waals surface area contributed by atoms with Crippen LogP contribution in [0.2, 0.25) is 0 Å². The van der Waals surface area contributed by atoms with Crippen molar-refractivity contribution in [2.75, 3.05) is 16.3 Å². The van der Waals surface area contributed by atoms with Crippen LogP contribution in [0.3, 0.4) is 0 Å². The molecule has 35 heavy (non-hydrogen) atoms. The molecule has 3 aliphatic rings. The van der Waals surface area contributed by atoms with Gasteiger partial charge in [-0.2, -0.15) is 0 Å². The van der Waals surface area contributed by atoms with Crippen LogP contribution in [0, 0.1) is 37.5 Å². The van der Waals surface area contributed by atoms with Gasteiger partial charge < -0.3 is 9.64 Å². The molecule has 2 aromatic carbocycles. The molecule has 0 unspecified atom stereocenters. The third-order valence-corrected chi connectivity index (χ3v) is 7.30. The highest BCUT2D eigenvalue weighted by atomic mass is 16.5. The third kappa shape index (κ3) is 4.05. The van der Waals surface area contributed by atoms with E-state index in [2.05, 4.69) is 0 Å². The molecule has 2 fully saturated rings. The lowest BCUT2D eigenvalue weighted by Crippen LogP contribution is -2.32. The van der Waals surface area contributed by atoms with Gasteiger partial charge in [0.1, 0.15) is 5.75 Å². The monoisotopic (exact) mass is 472 g/mol. The van der Waals surface area contributed by atoms with Crippen LogP contribution in [-0.4, -0.2) is 30.2 Å². The predicted octanol–water partition coefficient (Wildman–Crippen LogP) is 3.96. The van der Waals surface area contributed by atoms with Crippen LogP contribution in [0.25, 0.3) is 0 Å². The van der Waals surface area contributed by atoms with Crippen molar-refractivity contribution in [1.82, 2.24) is 0 Å². The first kappa shape index (κ1) is 23.0. The zero-order chi connectivity index (χ0) is 24.9. The quantitative estimate of drug-likeness (QED) is 0.291. The van der Waals surface area contributed by atoms with Gasteiger partial charge in [-0.25, -0.2) is 4.90 Å². The average Bonchev–Trinajstić information content (AvgIpc) is 3.33. The van der Waals surface area contributed by atoms with E-state index in [-0.39, 0.29) is 48.4 Å². The lowest BCUT2D eigenvalue weighted by atomic mass is 9.78.